The highest BCUT2D eigenvalue weighted by molar-refractivity contribution is 5.92. The summed E-state index contributed by atoms with van der Waals surface area (Å²) in [5.41, 5.74) is 2.13. The molecule has 1 amide bonds. The van der Waals surface area contributed by atoms with Crippen LogP contribution in [-0.2, 0) is 16.0 Å². The number of carbonyl (C=O) groups is 1. The van der Waals surface area contributed by atoms with E-state index < -0.39 is 6.09 Å². The van der Waals surface area contributed by atoms with Gasteiger partial charge in [0, 0.05) is 31.7 Å². The molecule has 29 heavy (non-hydrogen) atoms. The van der Waals surface area contributed by atoms with Gasteiger partial charge >= 0.3 is 6.09 Å². The molecule has 0 saturated heterocycles. The molecule has 6 heteroatoms. The van der Waals surface area contributed by atoms with Gasteiger partial charge in [-0.05, 0) is 37.1 Å². The van der Waals surface area contributed by atoms with Crippen LogP contribution in [0, 0.1) is 11.3 Å². The number of hydrogen-bond acceptors (Lipinski definition) is 4. The number of ether oxygens (including phenoxy) is 2. The number of anilines is 1. The zero-order valence-electron chi connectivity index (χ0n) is 17.4. The van der Waals surface area contributed by atoms with Crippen LogP contribution in [0.2, 0.25) is 0 Å². The van der Waals surface area contributed by atoms with Gasteiger partial charge in [0.15, 0.2) is 0 Å². The van der Waals surface area contributed by atoms with Crippen molar-refractivity contribution in [3.63, 3.8) is 0 Å². The smallest absolute Gasteiger partial charge is 0.411 e. The number of fused-ring (bicyclic) bond motifs is 1. The number of carbonyl (C=O) groups excluding carboxylic acids is 1. The molecular formula is C23H31N3O3. The Kier molecular flexibility index (Phi) is 8.84. The molecule has 1 N–H and O–H groups in total. The first-order chi connectivity index (χ1) is 14.1. The van der Waals surface area contributed by atoms with E-state index in [2.05, 4.69) is 30.5 Å². The summed E-state index contributed by atoms with van der Waals surface area (Å²) in [5, 5.41) is 13.0. The van der Waals surface area contributed by atoms with Gasteiger partial charge in [-0.2, -0.15) is 5.26 Å². The molecule has 0 spiro atoms. The molecule has 1 heterocycles. The normalized spacial score (nSPS) is 11.6. The molecule has 2 rings (SSSR count). The second kappa shape index (κ2) is 11.6. The third-order valence-electron chi connectivity index (χ3n) is 4.46. The standard InChI is InChI=1S/C23H29N3O3.H2/c1-4-6-14-29-23(27)25-19-11-12-21-18(16-24)17-26(22(21)15-19)13-8-7-10-20(28-3)9-5-2;/h7-9,11-12,15,17H,4-6,10,13-14H2,1-3H3,(H,25,27);1H/b8-7-,20-9+;. The lowest BCUT2D eigenvalue weighted by Gasteiger charge is -2.08. The summed E-state index contributed by atoms with van der Waals surface area (Å²) in [7, 11) is 1.68. The van der Waals surface area contributed by atoms with Crippen LogP contribution in [0.15, 0.2) is 48.4 Å². The molecule has 1 aromatic heterocycles. The molecule has 0 bridgehead atoms. The Morgan fingerprint density at radius 3 is 2.86 bits per heavy atom. The lowest BCUT2D eigenvalue weighted by Crippen LogP contribution is -2.14. The van der Waals surface area contributed by atoms with E-state index >= 15 is 0 Å². The Bertz CT molecular complexity index is 926. The fourth-order valence-corrected chi connectivity index (χ4v) is 2.94. The van der Waals surface area contributed by atoms with Crippen molar-refractivity contribution < 1.29 is 15.7 Å². The first-order valence-electron chi connectivity index (χ1n) is 9.97. The van der Waals surface area contributed by atoms with E-state index in [4.69, 9.17) is 9.47 Å². The average molecular weight is 398 g/mol. The van der Waals surface area contributed by atoms with Crippen LogP contribution < -0.4 is 5.32 Å². The van der Waals surface area contributed by atoms with Crippen LogP contribution in [0.3, 0.4) is 0 Å². The lowest BCUT2D eigenvalue weighted by atomic mass is 10.2. The third kappa shape index (κ3) is 6.42. The third-order valence-corrected chi connectivity index (χ3v) is 4.46. The molecule has 0 aliphatic heterocycles. The van der Waals surface area contributed by atoms with Gasteiger partial charge in [0.2, 0.25) is 0 Å². The number of methoxy groups -OCH3 is 1. The Labute approximate surface area is 173 Å². The van der Waals surface area contributed by atoms with Crippen molar-refractivity contribution in [3.8, 4) is 6.07 Å². The predicted octanol–water partition coefficient (Wildman–Crippen LogP) is 5.99. The number of hydrogen-bond donors (Lipinski definition) is 1. The number of nitrogens with zero attached hydrogens (tertiary/aromatic N) is 2. The van der Waals surface area contributed by atoms with Gasteiger partial charge < -0.3 is 14.0 Å². The molecule has 2 aromatic rings. The van der Waals surface area contributed by atoms with E-state index in [-0.39, 0.29) is 1.43 Å². The second-order valence-corrected chi connectivity index (χ2v) is 6.61. The van der Waals surface area contributed by atoms with Gasteiger partial charge in [-0.1, -0.05) is 32.4 Å². The quantitative estimate of drug-likeness (QED) is 0.303. The molecule has 0 atom stereocenters. The van der Waals surface area contributed by atoms with Crippen LogP contribution in [0.25, 0.3) is 10.9 Å². The number of unbranched alkanes of at least 4 members (excludes halogenated alkanes) is 1. The number of amides is 1. The number of benzene rings is 1. The van der Waals surface area contributed by atoms with Gasteiger partial charge in [-0.25, -0.2) is 4.79 Å². The number of allylic oxidation sites excluding steroid dienone is 3. The molecule has 0 radical (unpaired) electrons. The minimum atomic E-state index is -0.467. The summed E-state index contributed by atoms with van der Waals surface area (Å²) in [5.74, 6) is 0.937. The van der Waals surface area contributed by atoms with Crippen molar-refractivity contribution >= 4 is 22.7 Å². The SMILES string of the molecule is CC/C=C(\C/C=C\Cn1cc(C#N)c2ccc(NC(=O)OCCCC)cc21)OC.[HH]. The minimum Gasteiger partial charge on any atom is -0.501 e. The summed E-state index contributed by atoms with van der Waals surface area (Å²) in [6, 6.07) is 7.73. The Morgan fingerprint density at radius 1 is 1.34 bits per heavy atom. The molecule has 0 aliphatic carbocycles. The maximum absolute atomic E-state index is 11.9. The summed E-state index contributed by atoms with van der Waals surface area (Å²) in [6.07, 6.45) is 11.0. The highest BCUT2D eigenvalue weighted by atomic mass is 16.5. The predicted molar refractivity (Wildman–Crippen MR) is 118 cm³/mol. The van der Waals surface area contributed by atoms with Crippen molar-refractivity contribution in [2.24, 2.45) is 0 Å². The van der Waals surface area contributed by atoms with Crippen LogP contribution >= 0.6 is 0 Å². The molecule has 0 fully saturated rings. The second-order valence-electron chi connectivity index (χ2n) is 6.61. The molecule has 0 aliphatic rings. The minimum absolute atomic E-state index is 0. The van der Waals surface area contributed by atoms with Crippen molar-refractivity contribution in [1.29, 1.82) is 5.26 Å². The largest absolute Gasteiger partial charge is 0.501 e. The molecule has 0 unspecified atom stereocenters. The molecule has 1 aromatic carbocycles. The maximum Gasteiger partial charge on any atom is 0.411 e. The number of nitriles is 1. The van der Waals surface area contributed by atoms with Crippen LogP contribution in [0.5, 0.6) is 0 Å². The van der Waals surface area contributed by atoms with E-state index in [0.29, 0.717) is 24.4 Å². The Hall–Kier alpha value is -3.20. The number of aromatic nitrogens is 1. The van der Waals surface area contributed by atoms with Gasteiger partial charge in [0.05, 0.1) is 30.6 Å². The summed E-state index contributed by atoms with van der Waals surface area (Å²) >= 11 is 0. The lowest BCUT2D eigenvalue weighted by molar-refractivity contribution is 0.160. The Morgan fingerprint density at radius 2 is 2.17 bits per heavy atom. The summed E-state index contributed by atoms with van der Waals surface area (Å²) < 4.78 is 12.5. The molecular weight excluding hydrogens is 366 g/mol. The average Bonchev–Trinajstić information content (AvgIpc) is 3.07. The first kappa shape index (κ1) is 22.1. The molecule has 6 nitrogen and oxygen atoms in total. The molecule has 0 saturated carbocycles. The number of nitrogens with one attached hydrogen (secondary N) is 1. The fourth-order valence-electron chi connectivity index (χ4n) is 2.94. The summed E-state index contributed by atoms with van der Waals surface area (Å²) in [4.78, 5) is 11.9. The fraction of sp³-hybridized carbons (Fsp3) is 0.391. The maximum atomic E-state index is 11.9. The van der Waals surface area contributed by atoms with Crippen molar-refractivity contribution in [2.75, 3.05) is 19.0 Å². The number of rotatable bonds is 10. The zero-order chi connectivity index (χ0) is 21.1. The van der Waals surface area contributed by atoms with Crippen LogP contribution in [-0.4, -0.2) is 24.4 Å². The highest BCUT2D eigenvalue weighted by Gasteiger charge is 2.10. The van der Waals surface area contributed by atoms with Gasteiger partial charge in [-0.15, -0.1) is 0 Å². The highest BCUT2D eigenvalue weighted by Crippen LogP contribution is 2.25. The summed E-state index contributed by atoms with van der Waals surface area (Å²) in [6.45, 7) is 5.13. The van der Waals surface area contributed by atoms with Gasteiger partial charge in [-0.3, -0.25) is 5.32 Å². The van der Waals surface area contributed by atoms with E-state index in [1.807, 2.05) is 35.9 Å². The monoisotopic (exact) mass is 397 g/mol. The molecule has 156 valence electrons. The topological polar surface area (TPSA) is 76.3 Å². The van der Waals surface area contributed by atoms with Crippen LogP contribution in [0.4, 0.5) is 10.5 Å². The van der Waals surface area contributed by atoms with Crippen molar-refractivity contribution in [1.82, 2.24) is 4.57 Å². The van der Waals surface area contributed by atoms with Gasteiger partial charge in [0.25, 0.3) is 0 Å². The Balaban J connectivity index is 0.00000450. The van der Waals surface area contributed by atoms with E-state index in [9.17, 15) is 10.1 Å². The van der Waals surface area contributed by atoms with E-state index in [1.165, 1.54) is 0 Å². The van der Waals surface area contributed by atoms with E-state index in [0.717, 1.165) is 42.3 Å². The first-order valence-corrected chi connectivity index (χ1v) is 9.97. The zero-order valence-corrected chi connectivity index (χ0v) is 17.4. The van der Waals surface area contributed by atoms with Gasteiger partial charge in [0.1, 0.15) is 6.07 Å². The van der Waals surface area contributed by atoms with E-state index in [1.54, 1.807) is 13.2 Å². The van der Waals surface area contributed by atoms with Crippen LogP contribution in [0.1, 0.15) is 46.5 Å². The van der Waals surface area contributed by atoms with Crippen molar-refractivity contribution in [2.45, 2.75) is 46.1 Å². The van der Waals surface area contributed by atoms with Crippen molar-refractivity contribution in [3.05, 3.63) is 53.9 Å².